The maximum atomic E-state index is 6.17. The summed E-state index contributed by atoms with van der Waals surface area (Å²) >= 11 is 0. The SMILES string of the molecule is Cc1cc(C(C)C)nc(NCC2CCCCC2N)n1. The molecule has 0 amide bonds. The molecule has 106 valence electrons. The van der Waals surface area contributed by atoms with Crippen LogP contribution in [-0.2, 0) is 0 Å². The van der Waals surface area contributed by atoms with Crippen molar-refractivity contribution in [2.24, 2.45) is 11.7 Å². The average molecular weight is 262 g/mol. The number of aryl methyl sites for hydroxylation is 1. The molecule has 2 rings (SSSR count). The van der Waals surface area contributed by atoms with E-state index in [1.54, 1.807) is 0 Å². The van der Waals surface area contributed by atoms with Gasteiger partial charge in [-0.3, -0.25) is 0 Å². The average Bonchev–Trinajstić information content (AvgIpc) is 2.37. The van der Waals surface area contributed by atoms with E-state index >= 15 is 0 Å². The van der Waals surface area contributed by atoms with E-state index in [1.807, 2.05) is 6.92 Å². The van der Waals surface area contributed by atoms with E-state index in [1.165, 1.54) is 19.3 Å². The lowest BCUT2D eigenvalue weighted by molar-refractivity contribution is 0.321. The largest absolute Gasteiger partial charge is 0.354 e. The van der Waals surface area contributed by atoms with Crippen LogP contribution in [-0.4, -0.2) is 22.6 Å². The Morgan fingerprint density at radius 3 is 2.74 bits per heavy atom. The second-order valence-corrected chi connectivity index (χ2v) is 6.00. The molecule has 2 unspecified atom stereocenters. The molecule has 1 aromatic rings. The molecule has 0 aromatic carbocycles. The van der Waals surface area contributed by atoms with Crippen molar-refractivity contribution in [2.75, 3.05) is 11.9 Å². The van der Waals surface area contributed by atoms with Crippen LogP contribution in [0.25, 0.3) is 0 Å². The number of nitrogens with one attached hydrogen (secondary N) is 1. The monoisotopic (exact) mass is 262 g/mol. The molecule has 4 nitrogen and oxygen atoms in total. The van der Waals surface area contributed by atoms with Gasteiger partial charge in [0, 0.05) is 24.0 Å². The highest BCUT2D eigenvalue weighted by Gasteiger charge is 2.21. The van der Waals surface area contributed by atoms with E-state index in [9.17, 15) is 0 Å². The van der Waals surface area contributed by atoms with Gasteiger partial charge in [-0.05, 0) is 37.7 Å². The molecule has 1 fully saturated rings. The van der Waals surface area contributed by atoms with Crippen LogP contribution in [0, 0.1) is 12.8 Å². The molecule has 0 saturated heterocycles. The molecule has 1 aliphatic rings. The predicted octanol–water partition coefficient (Wildman–Crippen LogP) is 2.84. The minimum Gasteiger partial charge on any atom is -0.354 e. The molecule has 0 bridgehead atoms. The van der Waals surface area contributed by atoms with Gasteiger partial charge in [-0.25, -0.2) is 9.97 Å². The van der Waals surface area contributed by atoms with Crippen LogP contribution in [0.1, 0.15) is 56.8 Å². The standard InChI is InChI=1S/C15H26N4/c1-10(2)14-8-11(3)18-15(19-14)17-9-12-6-4-5-7-13(12)16/h8,10,12-13H,4-7,9,16H2,1-3H3,(H,17,18,19). The molecule has 1 saturated carbocycles. The van der Waals surface area contributed by atoms with Crippen LogP contribution >= 0.6 is 0 Å². The molecule has 0 radical (unpaired) electrons. The smallest absolute Gasteiger partial charge is 0.223 e. The fourth-order valence-electron chi connectivity index (χ4n) is 2.68. The normalized spacial score (nSPS) is 23.6. The number of hydrogen-bond donors (Lipinski definition) is 2. The number of hydrogen-bond acceptors (Lipinski definition) is 4. The Kier molecular flexibility index (Phi) is 4.75. The van der Waals surface area contributed by atoms with Crippen molar-refractivity contribution in [2.45, 2.75) is 58.4 Å². The fraction of sp³-hybridized carbons (Fsp3) is 0.733. The Labute approximate surface area is 116 Å². The van der Waals surface area contributed by atoms with Gasteiger partial charge in [0.1, 0.15) is 0 Å². The third-order valence-corrected chi connectivity index (χ3v) is 3.96. The molecule has 4 heteroatoms. The summed E-state index contributed by atoms with van der Waals surface area (Å²) in [5.41, 5.74) is 8.29. The molecule has 3 N–H and O–H groups in total. The summed E-state index contributed by atoms with van der Waals surface area (Å²) < 4.78 is 0. The lowest BCUT2D eigenvalue weighted by Crippen LogP contribution is -2.37. The third kappa shape index (κ3) is 3.90. The van der Waals surface area contributed by atoms with E-state index in [2.05, 4.69) is 35.2 Å². The Balaban J connectivity index is 1.98. The first kappa shape index (κ1) is 14.3. The molecule has 1 heterocycles. The van der Waals surface area contributed by atoms with Gasteiger partial charge in [0.2, 0.25) is 5.95 Å². The van der Waals surface area contributed by atoms with Gasteiger partial charge in [0.05, 0.1) is 0 Å². The Morgan fingerprint density at radius 1 is 1.32 bits per heavy atom. The van der Waals surface area contributed by atoms with Gasteiger partial charge >= 0.3 is 0 Å². The molecule has 0 aliphatic heterocycles. The van der Waals surface area contributed by atoms with E-state index in [0.717, 1.165) is 30.3 Å². The van der Waals surface area contributed by atoms with Crippen molar-refractivity contribution in [3.8, 4) is 0 Å². The minimum atomic E-state index is 0.329. The highest BCUT2D eigenvalue weighted by molar-refractivity contribution is 5.29. The maximum absolute atomic E-state index is 6.17. The number of rotatable bonds is 4. The maximum Gasteiger partial charge on any atom is 0.223 e. The highest BCUT2D eigenvalue weighted by atomic mass is 15.1. The van der Waals surface area contributed by atoms with Crippen LogP contribution in [0.3, 0.4) is 0 Å². The Hall–Kier alpha value is -1.16. The van der Waals surface area contributed by atoms with E-state index < -0.39 is 0 Å². The van der Waals surface area contributed by atoms with Crippen LogP contribution in [0.4, 0.5) is 5.95 Å². The minimum absolute atomic E-state index is 0.329. The quantitative estimate of drug-likeness (QED) is 0.875. The van der Waals surface area contributed by atoms with Crippen LogP contribution in [0.2, 0.25) is 0 Å². The molecular weight excluding hydrogens is 236 g/mol. The summed E-state index contributed by atoms with van der Waals surface area (Å²) in [6.45, 7) is 7.22. The summed E-state index contributed by atoms with van der Waals surface area (Å²) in [4.78, 5) is 9.04. The van der Waals surface area contributed by atoms with Gasteiger partial charge in [-0.15, -0.1) is 0 Å². The molecule has 1 aliphatic carbocycles. The third-order valence-electron chi connectivity index (χ3n) is 3.96. The number of anilines is 1. The summed E-state index contributed by atoms with van der Waals surface area (Å²) in [5, 5.41) is 3.38. The first-order chi connectivity index (χ1) is 9.06. The van der Waals surface area contributed by atoms with Gasteiger partial charge in [0.15, 0.2) is 0 Å². The van der Waals surface area contributed by atoms with Crippen molar-refractivity contribution >= 4 is 5.95 Å². The van der Waals surface area contributed by atoms with Crippen LogP contribution < -0.4 is 11.1 Å². The molecule has 2 atom stereocenters. The van der Waals surface area contributed by atoms with E-state index in [-0.39, 0.29) is 0 Å². The van der Waals surface area contributed by atoms with E-state index in [0.29, 0.717) is 17.9 Å². The van der Waals surface area contributed by atoms with Crippen molar-refractivity contribution in [3.05, 3.63) is 17.5 Å². The zero-order valence-corrected chi connectivity index (χ0v) is 12.3. The predicted molar refractivity (Wildman–Crippen MR) is 79.3 cm³/mol. The summed E-state index contributed by atoms with van der Waals surface area (Å²) in [6.07, 6.45) is 4.94. The molecule has 1 aromatic heterocycles. The number of aromatic nitrogens is 2. The van der Waals surface area contributed by atoms with Gasteiger partial charge in [-0.1, -0.05) is 26.7 Å². The zero-order valence-electron chi connectivity index (χ0n) is 12.3. The van der Waals surface area contributed by atoms with Crippen molar-refractivity contribution in [1.82, 2.24) is 9.97 Å². The van der Waals surface area contributed by atoms with Gasteiger partial charge < -0.3 is 11.1 Å². The van der Waals surface area contributed by atoms with Crippen LogP contribution in [0.15, 0.2) is 6.07 Å². The van der Waals surface area contributed by atoms with Crippen molar-refractivity contribution in [3.63, 3.8) is 0 Å². The van der Waals surface area contributed by atoms with Crippen molar-refractivity contribution < 1.29 is 0 Å². The summed E-state index contributed by atoms with van der Waals surface area (Å²) in [5.74, 6) is 1.74. The van der Waals surface area contributed by atoms with Crippen molar-refractivity contribution in [1.29, 1.82) is 0 Å². The zero-order chi connectivity index (χ0) is 13.8. The van der Waals surface area contributed by atoms with E-state index in [4.69, 9.17) is 5.73 Å². The first-order valence-electron chi connectivity index (χ1n) is 7.41. The summed E-state index contributed by atoms with van der Waals surface area (Å²) in [7, 11) is 0. The lowest BCUT2D eigenvalue weighted by Gasteiger charge is -2.28. The second kappa shape index (κ2) is 6.33. The van der Waals surface area contributed by atoms with Gasteiger partial charge in [0.25, 0.3) is 0 Å². The molecule has 19 heavy (non-hydrogen) atoms. The first-order valence-corrected chi connectivity index (χ1v) is 7.41. The molecular formula is C15H26N4. The van der Waals surface area contributed by atoms with Crippen LogP contribution in [0.5, 0.6) is 0 Å². The fourth-order valence-corrected chi connectivity index (χ4v) is 2.68. The number of nitrogens with zero attached hydrogens (tertiary/aromatic N) is 2. The second-order valence-electron chi connectivity index (χ2n) is 6.00. The van der Waals surface area contributed by atoms with Gasteiger partial charge in [-0.2, -0.15) is 0 Å². The Morgan fingerprint density at radius 2 is 2.05 bits per heavy atom. The lowest BCUT2D eigenvalue weighted by atomic mass is 9.85. The summed E-state index contributed by atoms with van der Waals surface area (Å²) in [6, 6.07) is 2.39. The number of nitrogens with two attached hydrogens (primary N) is 1. The Bertz CT molecular complexity index is 417. The highest BCUT2D eigenvalue weighted by Crippen LogP contribution is 2.23. The molecule has 0 spiro atoms. The topological polar surface area (TPSA) is 63.8 Å².